The second-order valence-corrected chi connectivity index (χ2v) is 8.12. The Labute approximate surface area is 195 Å². The third-order valence-electron chi connectivity index (χ3n) is 3.14. The lowest BCUT2D eigenvalue weighted by Gasteiger charge is -2.06. The summed E-state index contributed by atoms with van der Waals surface area (Å²) in [5, 5.41) is 5.58. The minimum absolute atomic E-state index is 0.0616. The normalized spacial score (nSPS) is 9.23. The largest absolute Gasteiger partial charge is 0.355 e. The lowest BCUT2D eigenvalue weighted by molar-refractivity contribution is -0.124. The van der Waals surface area contributed by atoms with Crippen molar-refractivity contribution in [2.45, 2.75) is 66.2 Å². The van der Waals surface area contributed by atoms with Crippen LogP contribution in [0.15, 0.2) is 0 Å². The fourth-order valence-electron chi connectivity index (χ4n) is 1.85. The molecule has 0 unspecified atom stereocenters. The summed E-state index contributed by atoms with van der Waals surface area (Å²) in [6.07, 6.45) is 2.16. The molecule has 0 aromatic carbocycles. The maximum atomic E-state index is 11.6. The van der Waals surface area contributed by atoms with Gasteiger partial charge in [0.1, 0.15) is 0 Å². The molecule has 0 heterocycles. The summed E-state index contributed by atoms with van der Waals surface area (Å²) >= 11 is 0. The van der Waals surface area contributed by atoms with E-state index in [1.807, 2.05) is 33.1 Å². The number of rotatable bonds is 16. The highest BCUT2D eigenvalue weighted by Crippen LogP contribution is 2.19. The van der Waals surface area contributed by atoms with Gasteiger partial charge in [-0.2, -0.15) is 0 Å². The molecule has 0 aromatic rings. The van der Waals surface area contributed by atoms with Crippen molar-refractivity contribution in [3.05, 3.63) is 0 Å². The molecule has 0 fully saturated rings. The Morgan fingerprint density at radius 1 is 0.677 bits per heavy atom. The van der Waals surface area contributed by atoms with Crippen molar-refractivity contribution < 1.29 is 19.2 Å². The van der Waals surface area contributed by atoms with E-state index >= 15 is 0 Å². The predicted molar refractivity (Wildman–Crippen MR) is 131 cm³/mol. The first-order valence-corrected chi connectivity index (χ1v) is 13.2. The first-order chi connectivity index (χ1) is 15.0. The van der Waals surface area contributed by atoms with Gasteiger partial charge in [-0.25, -0.2) is 11.3 Å². The maximum Gasteiger partial charge on any atom is 0.234 e. The van der Waals surface area contributed by atoms with Crippen molar-refractivity contribution in [1.29, 1.82) is 0 Å². The molecule has 0 saturated heterocycles. The summed E-state index contributed by atoms with van der Waals surface area (Å²) < 4.78 is 0. The highest BCUT2D eigenvalue weighted by atomic mass is 33.1. The molecule has 10 nitrogen and oxygen atoms in total. The number of hydrazine groups is 2. The molecule has 0 aliphatic carbocycles. The van der Waals surface area contributed by atoms with E-state index in [0.717, 1.165) is 11.5 Å². The first-order valence-electron chi connectivity index (χ1n) is 10.7. The summed E-state index contributed by atoms with van der Waals surface area (Å²) in [7, 11) is 4.85. The van der Waals surface area contributed by atoms with Gasteiger partial charge in [0, 0.05) is 57.3 Å². The highest BCUT2D eigenvalue weighted by Gasteiger charge is 2.05. The van der Waals surface area contributed by atoms with Crippen molar-refractivity contribution in [2.75, 3.05) is 31.6 Å². The van der Waals surface area contributed by atoms with Crippen LogP contribution in [0.3, 0.4) is 0 Å². The maximum absolute atomic E-state index is 11.6. The summed E-state index contributed by atoms with van der Waals surface area (Å²) in [5.74, 6) is 5.92. The van der Waals surface area contributed by atoms with E-state index in [4.69, 9.17) is 5.84 Å². The van der Waals surface area contributed by atoms with Crippen LogP contribution in [0, 0.1) is 0 Å². The third-order valence-corrected chi connectivity index (χ3v) is 5.55. The summed E-state index contributed by atoms with van der Waals surface area (Å²) in [4.78, 5) is 45.2. The van der Waals surface area contributed by atoms with Crippen LogP contribution in [-0.2, 0) is 19.2 Å². The van der Waals surface area contributed by atoms with Gasteiger partial charge >= 0.3 is 0 Å². The minimum Gasteiger partial charge on any atom is -0.355 e. The van der Waals surface area contributed by atoms with Crippen LogP contribution < -0.4 is 32.8 Å². The van der Waals surface area contributed by atoms with E-state index < -0.39 is 0 Å². The third kappa shape index (κ3) is 28.5. The monoisotopic (exact) mass is 482 g/mol. The Morgan fingerprint density at radius 3 is 1.45 bits per heavy atom. The molecule has 0 saturated carbocycles. The topological polar surface area (TPSA) is 154 Å². The van der Waals surface area contributed by atoms with Gasteiger partial charge in [0.15, 0.2) is 0 Å². The predicted octanol–water partition coefficient (Wildman–Crippen LogP) is 1.23. The van der Waals surface area contributed by atoms with Gasteiger partial charge in [-0.3, -0.25) is 30.0 Å². The molecular formula is C19H42N6O4S2. The molecule has 31 heavy (non-hydrogen) atoms. The van der Waals surface area contributed by atoms with Gasteiger partial charge in [-0.15, -0.1) is 0 Å². The number of hydrogen-bond donors (Lipinski definition) is 6. The number of nitrogens with two attached hydrogens (primary N) is 1. The summed E-state index contributed by atoms with van der Waals surface area (Å²) in [5.41, 5.74) is 7.01. The van der Waals surface area contributed by atoms with Crippen molar-refractivity contribution in [1.82, 2.24) is 26.9 Å². The summed E-state index contributed by atoms with van der Waals surface area (Å²) in [6, 6.07) is 0. The molecule has 184 valence electrons. The van der Waals surface area contributed by atoms with Crippen LogP contribution in [-0.4, -0.2) is 55.3 Å². The molecule has 0 aliphatic rings. The van der Waals surface area contributed by atoms with Crippen molar-refractivity contribution in [3.8, 4) is 0 Å². The number of carbonyl (C=O) groups is 4. The average Bonchev–Trinajstić information content (AvgIpc) is 2.78. The van der Waals surface area contributed by atoms with E-state index in [9.17, 15) is 19.2 Å². The van der Waals surface area contributed by atoms with Gasteiger partial charge in [-0.1, -0.05) is 49.3 Å². The van der Waals surface area contributed by atoms with Gasteiger partial charge in [0.2, 0.25) is 23.6 Å². The van der Waals surface area contributed by atoms with Gasteiger partial charge in [-0.05, 0) is 12.8 Å². The van der Waals surface area contributed by atoms with Crippen LogP contribution >= 0.6 is 21.6 Å². The smallest absolute Gasteiger partial charge is 0.234 e. The van der Waals surface area contributed by atoms with Crippen LogP contribution in [0.5, 0.6) is 0 Å². The SMILES string of the molecule is CC.CC.CNNC(=O)CCCC(=O)NCCSSCCNC(=O)CCCC(=O)NN. The number of carbonyl (C=O) groups excluding carboxylic acids is 4. The van der Waals surface area contributed by atoms with Crippen molar-refractivity contribution in [2.24, 2.45) is 5.84 Å². The lowest BCUT2D eigenvalue weighted by Crippen LogP contribution is -2.34. The second-order valence-electron chi connectivity index (χ2n) is 5.42. The van der Waals surface area contributed by atoms with E-state index in [1.54, 1.807) is 28.6 Å². The molecule has 0 aliphatic heterocycles. The van der Waals surface area contributed by atoms with Gasteiger partial charge < -0.3 is 10.6 Å². The van der Waals surface area contributed by atoms with Crippen LogP contribution in [0.25, 0.3) is 0 Å². The van der Waals surface area contributed by atoms with Crippen molar-refractivity contribution in [3.63, 3.8) is 0 Å². The number of hydrogen-bond acceptors (Lipinski definition) is 8. The fraction of sp³-hybridized carbons (Fsp3) is 0.789. The molecule has 7 N–H and O–H groups in total. The number of amides is 4. The molecule has 12 heteroatoms. The number of nitrogens with one attached hydrogen (secondary N) is 5. The molecule has 0 bridgehead atoms. The standard InChI is InChI=1S/C15H30N6O4S2.2C2H6/c1-17-21-15(25)7-3-5-13(23)19-9-11-27-26-10-8-18-12(22)4-2-6-14(24)20-16;2*1-2/h17H,2-11,16H2,1H3,(H,18,22)(H,19,23)(H,20,24)(H,21,25);2*1-2H3. The zero-order chi connectivity index (χ0) is 24.3. The van der Waals surface area contributed by atoms with E-state index in [-0.39, 0.29) is 30.0 Å². The molecular weight excluding hydrogens is 440 g/mol. The van der Waals surface area contributed by atoms with Gasteiger partial charge in [0.25, 0.3) is 0 Å². The quantitative estimate of drug-likeness (QED) is 0.0631. The zero-order valence-corrected chi connectivity index (χ0v) is 21.2. The zero-order valence-electron chi connectivity index (χ0n) is 19.6. The van der Waals surface area contributed by atoms with Crippen LogP contribution in [0.1, 0.15) is 66.2 Å². The van der Waals surface area contributed by atoms with Gasteiger partial charge in [0.05, 0.1) is 0 Å². The van der Waals surface area contributed by atoms with Crippen LogP contribution in [0.2, 0.25) is 0 Å². The van der Waals surface area contributed by atoms with E-state index in [2.05, 4.69) is 21.5 Å². The average molecular weight is 483 g/mol. The Kier molecular flexibility index (Phi) is 31.4. The lowest BCUT2D eigenvalue weighted by atomic mass is 10.2. The fourth-order valence-corrected chi connectivity index (χ4v) is 3.67. The molecule has 4 amide bonds. The van der Waals surface area contributed by atoms with Crippen molar-refractivity contribution >= 4 is 45.2 Å². The molecule has 0 aromatic heterocycles. The molecule has 0 spiro atoms. The highest BCUT2D eigenvalue weighted by molar-refractivity contribution is 8.76. The van der Waals surface area contributed by atoms with E-state index in [1.165, 1.54) is 0 Å². The molecule has 0 atom stereocenters. The minimum atomic E-state index is -0.277. The Morgan fingerprint density at radius 2 is 1.06 bits per heavy atom. The Bertz CT molecular complexity index is 471. The molecule has 0 radical (unpaired) electrons. The first kappa shape index (κ1) is 34.1. The Balaban J connectivity index is -0.00000184. The summed E-state index contributed by atoms with van der Waals surface area (Å²) in [6.45, 7) is 9.12. The molecule has 0 rings (SSSR count). The van der Waals surface area contributed by atoms with Crippen LogP contribution in [0.4, 0.5) is 0 Å². The second kappa shape index (κ2) is 28.5. The Hall–Kier alpha value is -1.50. The van der Waals surface area contributed by atoms with E-state index in [0.29, 0.717) is 45.2 Å².